The largest absolute Gasteiger partial charge is 0.493 e. The molecule has 11 heteroatoms. The van der Waals surface area contributed by atoms with Crippen molar-refractivity contribution in [1.82, 2.24) is 0 Å². The van der Waals surface area contributed by atoms with Gasteiger partial charge < -0.3 is 19.5 Å². The Balaban J connectivity index is 1.96. The van der Waals surface area contributed by atoms with Gasteiger partial charge in [-0.05, 0) is 29.8 Å². The molecule has 0 aliphatic heterocycles. The van der Waals surface area contributed by atoms with E-state index in [2.05, 4.69) is 5.32 Å². The molecule has 0 saturated heterocycles. The Morgan fingerprint density at radius 3 is 2.50 bits per heavy atom. The molecular formula is C19H16Cl2N2O7. The number of carbonyl (C=O) groups is 2. The van der Waals surface area contributed by atoms with Crippen molar-refractivity contribution in [2.75, 3.05) is 26.1 Å². The lowest BCUT2D eigenvalue weighted by molar-refractivity contribution is -0.384. The maximum atomic E-state index is 11.9. The summed E-state index contributed by atoms with van der Waals surface area (Å²) < 4.78 is 15.1. The second kappa shape index (κ2) is 10.5. The molecule has 0 bridgehead atoms. The average Bonchev–Trinajstić information content (AvgIpc) is 2.71. The van der Waals surface area contributed by atoms with E-state index in [1.54, 1.807) is 12.1 Å². The van der Waals surface area contributed by atoms with Crippen molar-refractivity contribution in [3.8, 4) is 11.5 Å². The van der Waals surface area contributed by atoms with Crippen LogP contribution in [0, 0.1) is 10.1 Å². The summed E-state index contributed by atoms with van der Waals surface area (Å²) in [7, 11) is 2.89. The zero-order chi connectivity index (χ0) is 22.3. The van der Waals surface area contributed by atoms with Gasteiger partial charge in [0.1, 0.15) is 0 Å². The maximum absolute atomic E-state index is 11.9. The number of non-ortho nitro benzene ring substituents is 1. The number of halogens is 2. The number of esters is 1. The third kappa shape index (κ3) is 6.10. The van der Waals surface area contributed by atoms with Crippen molar-refractivity contribution >= 4 is 52.5 Å². The molecule has 9 nitrogen and oxygen atoms in total. The molecule has 1 amide bonds. The first-order valence-electron chi connectivity index (χ1n) is 8.25. The number of hydrogen-bond acceptors (Lipinski definition) is 7. The van der Waals surface area contributed by atoms with Crippen molar-refractivity contribution < 1.29 is 28.7 Å². The normalized spacial score (nSPS) is 10.5. The minimum Gasteiger partial charge on any atom is -0.493 e. The summed E-state index contributed by atoms with van der Waals surface area (Å²) in [6.07, 6.45) is 2.52. The number of methoxy groups -OCH3 is 2. The standard InChI is InChI=1S/C19H16Cl2N2O7/c1-28-16-8-11(7-14(21)19(16)29-2)3-6-18(25)30-10-17(24)22-15-9-12(23(26)27)4-5-13(15)20/h3-9H,10H2,1-2H3,(H,22,24)/b6-3+. The number of benzene rings is 2. The van der Waals surface area contributed by atoms with E-state index in [1.807, 2.05) is 0 Å². The molecule has 2 rings (SSSR count). The number of anilines is 1. The predicted octanol–water partition coefficient (Wildman–Crippen LogP) is 4.11. The molecule has 0 atom stereocenters. The SMILES string of the molecule is COc1cc(/C=C/C(=O)OCC(=O)Nc2cc([N+](=O)[O-])ccc2Cl)cc(Cl)c1OC. The van der Waals surface area contributed by atoms with E-state index in [9.17, 15) is 19.7 Å². The van der Waals surface area contributed by atoms with Gasteiger partial charge in [0.25, 0.3) is 11.6 Å². The first-order valence-corrected chi connectivity index (χ1v) is 9.01. The molecular weight excluding hydrogens is 439 g/mol. The third-order valence-corrected chi connectivity index (χ3v) is 4.26. The van der Waals surface area contributed by atoms with E-state index in [0.29, 0.717) is 17.1 Å². The van der Waals surface area contributed by atoms with Gasteiger partial charge >= 0.3 is 5.97 Å². The number of rotatable bonds is 8. The Morgan fingerprint density at radius 1 is 1.13 bits per heavy atom. The highest BCUT2D eigenvalue weighted by Gasteiger charge is 2.13. The quantitative estimate of drug-likeness (QED) is 0.276. The molecule has 0 saturated carbocycles. The van der Waals surface area contributed by atoms with Crippen LogP contribution in [-0.4, -0.2) is 37.6 Å². The molecule has 0 heterocycles. The third-order valence-electron chi connectivity index (χ3n) is 3.65. The number of nitrogens with one attached hydrogen (secondary N) is 1. The maximum Gasteiger partial charge on any atom is 0.331 e. The van der Waals surface area contributed by atoms with Crippen LogP contribution in [0.2, 0.25) is 10.0 Å². The summed E-state index contributed by atoms with van der Waals surface area (Å²) >= 11 is 12.0. The van der Waals surface area contributed by atoms with Crippen LogP contribution in [0.25, 0.3) is 6.08 Å². The molecule has 0 fully saturated rings. The number of carbonyl (C=O) groups excluding carboxylic acids is 2. The van der Waals surface area contributed by atoms with Gasteiger partial charge in [-0.15, -0.1) is 0 Å². The van der Waals surface area contributed by atoms with Crippen molar-refractivity contribution in [2.45, 2.75) is 0 Å². The van der Waals surface area contributed by atoms with Gasteiger partial charge in [0.2, 0.25) is 0 Å². The smallest absolute Gasteiger partial charge is 0.331 e. The summed E-state index contributed by atoms with van der Waals surface area (Å²) in [6, 6.07) is 6.74. The lowest BCUT2D eigenvalue weighted by Gasteiger charge is -2.10. The highest BCUT2D eigenvalue weighted by atomic mass is 35.5. The molecule has 1 N–H and O–H groups in total. The molecule has 0 unspecified atom stereocenters. The molecule has 0 spiro atoms. The van der Waals surface area contributed by atoms with Crippen LogP contribution < -0.4 is 14.8 Å². The Morgan fingerprint density at radius 2 is 1.87 bits per heavy atom. The Labute approximate surface area is 181 Å². The summed E-state index contributed by atoms with van der Waals surface area (Å²) in [5.41, 5.74) is 0.327. The fourth-order valence-electron chi connectivity index (χ4n) is 2.29. The number of ether oxygens (including phenoxy) is 3. The summed E-state index contributed by atoms with van der Waals surface area (Å²) in [5.74, 6) is -0.767. The van der Waals surface area contributed by atoms with E-state index in [1.165, 1.54) is 32.4 Å². The molecule has 0 aliphatic carbocycles. The first kappa shape index (κ1) is 23.0. The van der Waals surface area contributed by atoms with Crippen LogP contribution >= 0.6 is 23.2 Å². The van der Waals surface area contributed by atoms with E-state index in [4.69, 9.17) is 37.4 Å². The summed E-state index contributed by atoms with van der Waals surface area (Å²) in [4.78, 5) is 34.0. The van der Waals surface area contributed by atoms with Crippen LogP contribution in [0.15, 0.2) is 36.4 Å². The van der Waals surface area contributed by atoms with Crippen LogP contribution in [0.4, 0.5) is 11.4 Å². The van der Waals surface area contributed by atoms with E-state index < -0.39 is 23.4 Å². The second-order valence-electron chi connectivity index (χ2n) is 5.65. The first-order chi connectivity index (χ1) is 14.2. The highest BCUT2D eigenvalue weighted by Crippen LogP contribution is 2.36. The molecule has 2 aromatic carbocycles. The Kier molecular flexibility index (Phi) is 8.02. The van der Waals surface area contributed by atoms with Crippen LogP contribution in [0.5, 0.6) is 11.5 Å². The average molecular weight is 455 g/mol. The van der Waals surface area contributed by atoms with Crippen molar-refractivity contribution in [3.63, 3.8) is 0 Å². The Bertz CT molecular complexity index is 1010. The van der Waals surface area contributed by atoms with Gasteiger partial charge in [0.05, 0.1) is 34.9 Å². The van der Waals surface area contributed by atoms with E-state index in [-0.39, 0.29) is 21.4 Å². The lowest BCUT2D eigenvalue weighted by atomic mass is 10.2. The summed E-state index contributed by atoms with van der Waals surface area (Å²) in [6.45, 7) is -0.616. The molecule has 30 heavy (non-hydrogen) atoms. The lowest BCUT2D eigenvalue weighted by Crippen LogP contribution is -2.20. The van der Waals surface area contributed by atoms with Crippen molar-refractivity contribution in [3.05, 3.63) is 62.1 Å². The molecule has 158 valence electrons. The van der Waals surface area contributed by atoms with E-state index in [0.717, 1.165) is 12.1 Å². The van der Waals surface area contributed by atoms with Gasteiger partial charge in [-0.2, -0.15) is 0 Å². The number of hydrogen-bond donors (Lipinski definition) is 1. The molecule has 0 aromatic heterocycles. The van der Waals surface area contributed by atoms with Crippen molar-refractivity contribution in [2.24, 2.45) is 0 Å². The minimum atomic E-state index is -0.791. The fourth-order valence-corrected chi connectivity index (χ4v) is 2.75. The summed E-state index contributed by atoms with van der Waals surface area (Å²) in [5, 5.41) is 13.5. The zero-order valence-corrected chi connectivity index (χ0v) is 17.3. The van der Waals surface area contributed by atoms with Gasteiger partial charge in [-0.1, -0.05) is 23.2 Å². The van der Waals surface area contributed by atoms with Gasteiger partial charge in [0, 0.05) is 18.2 Å². The van der Waals surface area contributed by atoms with Crippen LogP contribution in [0.3, 0.4) is 0 Å². The number of nitrogens with zero attached hydrogens (tertiary/aromatic N) is 1. The van der Waals surface area contributed by atoms with Crippen LogP contribution in [-0.2, 0) is 14.3 Å². The van der Waals surface area contributed by atoms with Gasteiger partial charge in [-0.3, -0.25) is 14.9 Å². The molecule has 0 radical (unpaired) electrons. The molecule has 2 aromatic rings. The zero-order valence-electron chi connectivity index (χ0n) is 15.8. The van der Waals surface area contributed by atoms with Gasteiger partial charge in [0.15, 0.2) is 18.1 Å². The minimum absolute atomic E-state index is 0.0300. The predicted molar refractivity (Wildman–Crippen MR) is 111 cm³/mol. The molecule has 0 aliphatic rings. The number of nitro groups is 1. The second-order valence-corrected chi connectivity index (χ2v) is 6.46. The number of amides is 1. The Hall–Kier alpha value is -3.30. The van der Waals surface area contributed by atoms with E-state index >= 15 is 0 Å². The highest BCUT2D eigenvalue weighted by molar-refractivity contribution is 6.34. The topological polar surface area (TPSA) is 117 Å². The van der Waals surface area contributed by atoms with Crippen molar-refractivity contribution in [1.29, 1.82) is 0 Å². The fraction of sp³-hybridized carbons (Fsp3) is 0.158. The van der Waals surface area contributed by atoms with Crippen LogP contribution in [0.1, 0.15) is 5.56 Å². The number of nitro benzene ring substituents is 1. The monoisotopic (exact) mass is 454 g/mol. The van der Waals surface area contributed by atoms with Gasteiger partial charge in [-0.25, -0.2) is 4.79 Å².